The first-order chi connectivity index (χ1) is 11.8. The van der Waals surface area contributed by atoms with Gasteiger partial charge in [-0.05, 0) is 23.1 Å². The van der Waals surface area contributed by atoms with Crippen LogP contribution in [0, 0.1) is 15.5 Å². The number of nitrogens with zero attached hydrogens (tertiary/aromatic N) is 1. The van der Waals surface area contributed by atoms with Crippen molar-refractivity contribution in [2.75, 3.05) is 24.2 Å². The Morgan fingerprint density at radius 1 is 1.56 bits per heavy atom. The summed E-state index contributed by atoms with van der Waals surface area (Å²) in [6, 6.07) is 4.36. The molecule has 0 saturated carbocycles. The third-order valence-corrected chi connectivity index (χ3v) is 7.46. The number of phenols is 1. The van der Waals surface area contributed by atoms with Gasteiger partial charge < -0.3 is 20.6 Å². The predicted octanol–water partition coefficient (Wildman–Crippen LogP) is 2.59. The Labute approximate surface area is 153 Å². The molecule has 3 N–H and O–H groups in total. The molecule has 0 aliphatic carbocycles. The molecular formula is C15H21N3O5S2. The first-order valence-corrected chi connectivity index (χ1v) is 10.0. The Kier molecular flexibility index (Phi) is 6.79. The molecule has 8 nitrogen and oxygen atoms in total. The zero-order valence-electron chi connectivity index (χ0n) is 13.9. The molecule has 1 aromatic rings. The fourth-order valence-electron chi connectivity index (χ4n) is 2.40. The average Bonchev–Trinajstić information content (AvgIpc) is 2.87. The Bertz CT molecular complexity index is 629. The number of nitrogens with one attached hydrogen (secondary N) is 2. The molecule has 1 fully saturated rings. The van der Waals surface area contributed by atoms with E-state index < -0.39 is 11.2 Å². The van der Waals surface area contributed by atoms with Gasteiger partial charge in [-0.1, -0.05) is 41.5 Å². The number of hydrogen-bond donors (Lipinski definition) is 3. The van der Waals surface area contributed by atoms with Gasteiger partial charge in [0.1, 0.15) is 11.9 Å². The van der Waals surface area contributed by atoms with E-state index in [4.69, 9.17) is 4.84 Å². The molecule has 25 heavy (non-hydrogen) atoms. The first-order valence-electron chi connectivity index (χ1n) is 7.66. The minimum absolute atomic E-state index is 0.121. The minimum atomic E-state index is -0.843. The highest BCUT2D eigenvalue weighted by Gasteiger charge is 2.35. The number of carbonyl (C=O) groups excluding carboxylic acids is 1. The van der Waals surface area contributed by atoms with E-state index in [0.29, 0.717) is 23.8 Å². The van der Waals surface area contributed by atoms with Crippen molar-refractivity contribution < 1.29 is 19.8 Å². The minimum Gasteiger partial charge on any atom is -0.506 e. The Balaban J connectivity index is 2.04. The van der Waals surface area contributed by atoms with Crippen molar-refractivity contribution in [1.82, 2.24) is 5.32 Å². The zero-order valence-corrected chi connectivity index (χ0v) is 15.6. The topological polar surface area (TPSA) is 114 Å². The summed E-state index contributed by atoms with van der Waals surface area (Å²) in [6.45, 7) is 5.35. The normalized spacial score (nSPS) is 20.0. The molecule has 1 saturated heterocycles. The van der Waals surface area contributed by atoms with Gasteiger partial charge in [0.05, 0.1) is 5.69 Å². The molecule has 138 valence electrons. The van der Waals surface area contributed by atoms with Gasteiger partial charge in [0.15, 0.2) is 0 Å². The van der Waals surface area contributed by atoms with Crippen molar-refractivity contribution in [2.24, 2.45) is 5.41 Å². The third-order valence-electron chi connectivity index (χ3n) is 3.97. The van der Waals surface area contributed by atoms with E-state index in [2.05, 4.69) is 24.5 Å². The van der Waals surface area contributed by atoms with Gasteiger partial charge in [0.25, 0.3) is 5.09 Å². The van der Waals surface area contributed by atoms with Crippen molar-refractivity contribution in [3.63, 3.8) is 0 Å². The van der Waals surface area contributed by atoms with Crippen LogP contribution in [0.15, 0.2) is 18.2 Å². The van der Waals surface area contributed by atoms with Crippen molar-refractivity contribution in [2.45, 2.75) is 25.2 Å². The molecule has 1 aromatic carbocycles. The lowest BCUT2D eigenvalue weighted by Gasteiger charge is -2.26. The van der Waals surface area contributed by atoms with Crippen molar-refractivity contribution >= 4 is 33.7 Å². The van der Waals surface area contributed by atoms with Gasteiger partial charge in [-0.25, -0.2) is 0 Å². The summed E-state index contributed by atoms with van der Waals surface area (Å²) in [5.74, 6) is 0.946. The van der Waals surface area contributed by atoms with E-state index in [1.807, 2.05) is 21.6 Å². The van der Waals surface area contributed by atoms with Crippen LogP contribution >= 0.6 is 21.6 Å². The number of aromatic hydroxyl groups is 1. The summed E-state index contributed by atoms with van der Waals surface area (Å²) in [5.41, 5.74) is 0.855. The van der Waals surface area contributed by atoms with E-state index in [0.717, 1.165) is 5.75 Å². The van der Waals surface area contributed by atoms with Gasteiger partial charge in [-0.2, -0.15) is 0 Å². The van der Waals surface area contributed by atoms with E-state index in [1.54, 1.807) is 0 Å². The van der Waals surface area contributed by atoms with Crippen molar-refractivity contribution in [3.8, 4) is 5.75 Å². The number of anilines is 1. The number of carbonyl (C=O) groups is 1. The SMILES string of the molecule is CC1(C)CSSC1CNCC(O[N+](=O)[O-])c1ccc(O)c(NC=O)c1. The number of phenolic OH excluding ortho intramolecular Hbond substituents is 1. The lowest BCUT2D eigenvalue weighted by molar-refractivity contribution is -0.770. The highest BCUT2D eigenvalue weighted by molar-refractivity contribution is 8.77. The second-order valence-corrected chi connectivity index (χ2v) is 8.92. The standard InChI is InChI=1S/C15H21N3O5S2/c1-15(2)8-24-25-14(15)7-16-6-13(23-18(21)22)10-3-4-12(20)11(5-10)17-9-19/h3-5,9,13-14,16,20H,6-8H2,1-2H3,(H,17,19). The van der Waals surface area contributed by atoms with Crippen LogP contribution in [0.1, 0.15) is 25.5 Å². The summed E-state index contributed by atoms with van der Waals surface area (Å²) >= 11 is 0. The second kappa shape index (κ2) is 8.63. The molecule has 1 aliphatic rings. The summed E-state index contributed by atoms with van der Waals surface area (Å²) in [5, 5.41) is 25.7. The monoisotopic (exact) mass is 387 g/mol. The molecule has 2 unspecified atom stereocenters. The maximum absolute atomic E-state index is 10.8. The van der Waals surface area contributed by atoms with Gasteiger partial charge in [0.2, 0.25) is 6.41 Å². The number of benzene rings is 1. The molecule has 1 aliphatic heterocycles. The van der Waals surface area contributed by atoms with Crippen LogP contribution < -0.4 is 10.6 Å². The van der Waals surface area contributed by atoms with E-state index in [1.165, 1.54) is 18.2 Å². The van der Waals surface area contributed by atoms with Crippen LogP contribution in [0.3, 0.4) is 0 Å². The molecule has 2 rings (SSSR count). The molecule has 0 spiro atoms. The zero-order chi connectivity index (χ0) is 18.4. The van der Waals surface area contributed by atoms with Gasteiger partial charge in [-0.15, -0.1) is 10.1 Å². The number of amides is 1. The largest absolute Gasteiger partial charge is 0.506 e. The van der Waals surface area contributed by atoms with Crippen LogP contribution in [0.25, 0.3) is 0 Å². The van der Waals surface area contributed by atoms with Crippen LogP contribution in [0.5, 0.6) is 5.75 Å². The maximum Gasteiger partial charge on any atom is 0.295 e. The van der Waals surface area contributed by atoms with Crippen molar-refractivity contribution in [1.29, 1.82) is 0 Å². The molecule has 1 heterocycles. The molecule has 0 aromatic heterocycles. The smallest absolute Gasteiger partial charge is 0.295 e. The van der Waals surface area contributed by atoms with Crippen LogP contribution in [-0.4, -0.2) is 40.7 Å². The fourth-order valence-corrected chi connectivity index (χ4v) is 6.37. The average molecular weight is 387 g/mol. The predicted molar refractivity (Wildman–Crippen MR) is 99.1 cm³/mol. The molecule has 2 atom stereocenters. The molecule has 0 radical (unpaired) electrons. The van der Waals surface area contributed by atoms with Crippen LogP contribution in [0.2, 0.25) is 0 Å². The molecular weight excluding hydrogens is 366 g/mol. The summed E-state index contributed by atoms with van der Waals surface area (Å²) in [4.78, 5) is 26.2. The summed E-state index contributed by atoms with van der Waals surface area (Å²) in [7, 11) is 3.65. The van der Waals surface area contributed by atoms with Crippen molar-refractivity contribution in [3.05, 3.63) is 33.9 Å². The van der Waals surface area contributed by atoms with E-state index in [9.17, 15) is 20.0 Å². The number of hydrogen-bond acceptors (Lipinski definition) is 8. The molecule has 1 amide bonds. The molecule has 0 bridgehead atoms. The maximum atomic E-state index is 10.8. The van der Waals surface area contributed by atoms with E-state index >= 15 is 0 Å². The lowest BCUT2D eigenvalue weighted by atomic mass is 9.91. The highest BCUT2D eigenvalue weighted by atomic mass is 33.1. The first kappa shape index (κ1) is 19.7. The second-order valence-electron chi connectivity index (χ2n) is 6.35. The van der Waals surface area contributed by atoms with E-state index in [-0.39, 0.29) is 23.4 Å². The van der Waals surface area contributed by atoms with Gasteiger partial charge >= 0.3 is 0 Å². The Morgan fingerprint density at radius 2 is 2.32 bits per heavy atom. The van der Waals surface area contributed by atoms with Crippen LogP contribution in [-0.2, 0) is 9.63 Å². The highest BCUT2D eigenvalue weighted by Crippen LogP contribution is 2.48. The summed E-state index contributed by atoms with van der Waals surface area (Å²) < 4.78 is 0. The molecule has 10 heteroatoms. The van der Waals surface area contributed by atoms with Crippen LogP contribution in [0.4, 0.5) is 5.69 Å². The lowest BCUT2D eigenvalue weighted by Crippen LogP contribution is -2.36. The van der Waals surface area contributed by atoms with Gasteiger partial charge in [-0.3, -0.25) is 4.79 Å². The number of rotatable bonds is 9. The van der Waals surface area contributed by atoms with Gasteiger partial charge in [0, 0.05) is 24.1 Å². The quantitative estimate of drug-likeness (QED) is 0.195. The fraction of sp³-hybridized carbons (Fsp3) is 0.533. The Hall–Kier alpha value is -1.65. The summed E-state index contributed by atoms with van der Waals surface area (Å²) in [6.07, 6.45) is -0.415. The Morgan fingerprint density at radius 3 is 2.92 bits per heavy atom. The third kappa shape index (κ3) is 5.41.